The maximum Gasteiger partial charge on any atom is 0.0833 e. The van der Waals surface area contributed by atoms with E-state index in [9.17, 15) is 5.11 Å². The van der Waals surface area contributed by atoms with Crippen molar-refractivity contribution in [3.05, 3.63) is 0 Å². The van der Waals surface area contributed by atoms with Gasteiger partial charge in [0.25, 0.3) is 0 Å². The third kappa shape index (κ3) is 5.09. The number of likely N-dealkylation sites (N-methyl/N-ethyl adjacent to an activating group) is 1. The van der Waals surface area contributed by atoms with Gasteiger partial charge in [0.15, 0.2) is 0 Å². The summed E-state index contributed by atoms with van der Waals surface area (Å²) < 4.78 is 0. The second-order valence-electron chi connectivity index (χ2n) is 2.71. The zero-order valence-electron chi connectivity index (χ0n) is 6.98. The number of hydrogen-bond donors (Lipinski definition) is 2. The van der Waals surface area contributed by atoms with Gasteiger partial charge in [0.1, 0.15) is 0 Å². The van der Waals surface area contributed by atoms with E-state index in [4.69, 9.17) is 0 Å². The molecule has 0 amide bonds. The van der Waals surface area contributed by atoms with E-state index in [1.165, 1.54) is 0 Å². The van der Waals surface area contributed by atoms with Crippen molar-refractivity contribution < 1.29 is 5.11 Å². The molecule has 0 heterocycles. The zero-order chi connectivity index (χ0) is 8.04. The molecule has 0 spiro atoms. The zero-order valence-corrected chi connectivity index (χ0v) is 7.79. The van der Waals surface area contributed by atoms with Crippen LogP contribution in [0, 0.1) is 0 Å². The van der Waals surface area contributed by atoms with Gasteiger partial charge in [-0.3, -0.25) is 0 Å². The number of rotatable bonds is 5. The first-order valence-electron chi connectivity index (χ1n) is 3.54. The smallest absolute Gasteiger partial charge is 0.0833 e. The Kier molecular flexibility index (Phi) is 5.13. The van der Waals surface area contributed by atoms with Gasteiger partial charge in [-0.05, 0) is 19.7 Å². The Labute approximate surface area is 67.4 Å². The van der Waals surface area contributed by atoms with Gasteiger partial charge >= 0.3 is 0 Å². The quantitative estimate of drug-likeness (QED) is 0.626. The second kappa shape index (κ2) is 4.99. The van der Waals surface area contributed by atoms with Crippen LogP contribution in [0.15, 0.2) is 0 Å². The van der Waals surface area contributed by atoms with Crippen molar-refractivity contribution in [1.82, 2.24) is 5.32 Å². The highest BCUT2D eigenvalue weighted by Crippen LogP contribution is 2.08. The Balaban J connectivity index is 3.42. The number of hydrogen-bond acceptors (Lipinski definition) is 3. The topological polar surface area (TPSA) is 32.3 Å². The Morgan fingerprint density at radius 3 is 2.60 bits per heavy atom. The van der Waals surface area contributed by atoms with Crippen molar-refractivity contribution in [3.63, 3.8) is 0 Å². The molecule has 2 N–H and O–H groups in total. The number of thioether (sulfide) groups is 1. The van der Waals surface area contributed by atoms with Gasteiger partial charge in [0, 0.05) is 12.3 Å². The van der Waals surface area contributed by atoms with Crippen molar-refractivity contribution in [3.8, 4) is 0 Å². The lowest BCUT2D eigenvalue weighted by Crippen LogP contribution is -2.39. The molecule has 62 valence electrons. The number of nitrogens with one attached hydrogen (secondary N) is 1. The molecular formula is C7H17NOS. The molecule has 0 bridgehead atoms. The van der Waals surface area contributed by atoms with Crippen LogP contribution in [0.4, 0.5) is 0 Å². The lowest BCUT2D eigenvalue weighted by molar-refractivity contribution is 0.0856. The summed E-state index contributed by atoms with van der Waals surface area (Å²) in [4.78, 5) is 0. The van der Waals surface area contributed by atoms with Gasteiger partial charge in [-0.2, -0.15) is 11.8 Å². The third-order valence-corrected chi connectivity index (χ3v) is 2.12. The van der Waals surface area contributed by atoms with Crippen molar-refractivity contribution >= 4 is 11.8 Å². The highest BCUT2D eigenvalue weighted by atomic mass is 32.2. The monoisotopic (exact) mass is 163 g/mol. The molecule has 0 saturated carbocycles. The van der Waals surface area contributed by atoms with Gasteiger partial charge in [-0.1, -0.05) is 6.92 Å². The molecule has 0 rings (SSSR count). The van der Waals surface area contributed by atoms with E-state index in [0.29, 0.717) is 6.54 Å². The molecule has 10 heavy (non-hydrogen) atoms. The van der Waals surface area contributed by atoms with Crippen molar-refractivity contribution in [2.75, 3.05) is 25.1 Å². The van der Waals surface area contributed by atoms with E-state index >= 15 is 0 Å². The summed E-state index contributed by atoms with van der Waals surface area (Å²) in [5.74, 6) is 0.792. The standard InChI is InChI=1S/C7H17NOS/c1-4-8-5-7(2,9)6-10-3/h8-9H,4-6H2,1-3H3. The van der Waals surface area contributed by atoms with Crippen molar-refractivity contribution in [2.45, 2.75) is 19.4 Å². The van der Waals surface area contributed by atoms with Crippen LogP contribution in [-0.4, -0.2) is 35.8 Å². The van der Waals surface area contributed by atoms with Crippen molar-refractivity contribution in [2.24, 2.45) is 0 Å². The minimum atomic E-state index is -0.546. The van der Waals surface area contributed by atoms with E-state index in [2.05, 4.69) is 5.32 Å². The molecule has 0 saturated heterocycles. The first-order chi connectivity index (χ1) is 4.62. The van der Waals surface area contributed by atoms with Crippen LogP contribution in [0.2, 0.25) is 0 Å². The third-order valence-electron chi connectivity index (χ3n) is 1.21. The highest BCUT2D eigenvalue weighted by Gasteiger charge is 2.17. The summed E-state index contributed by atoms with van der Waals surface area (Å²) >= 11 is 1.67. The van der Waals surface area contributed by atoms with Crippen LogP contribution < -0.4 is 5.32 Å². The largest absolute Gasteiger partial charge is 0.388 e. The molecule has 0 aliphatic rings. The van der Waals surface area contributed by atoms with Crippen LogP contribution in [0.3, 0.4) is 0 Å². The fourth-order valence-electron chi connectivity index (χ4n) is 0.756. The molecule has 1 unspecified atom stereocenters. The van der Waals surface area contributed by atoms with E-state index in [0.717, 1.165) is 12.3 Å². The molecule has 0 aromatic heterocycles. The predicted octanol–water partition coefficient (Wildman–Crippen LogP) is 0.710. The molecule has 0 fully saturated rings. The van der Waals surface area contributed by atoms with Crippen LogP contribution >= 0.6 is 11.8 Å². The summed E-state index contributed by atoms with van der Waals surface area (Å²) in [7, 11) is 0. The molecule has 0 radical (unpaired) electrons. The highest BCUT2D eigenvalue weighted by molar-refractivity contribution is 7.98. The fraction of sp³-hybridized carbons (Fsp3) is 1.00. The summed E-state index contributed by atoms with van der Waals surface area (Å²) in [6.45, 7) is 5.50. The molecule has 3 heteroatoms. The minimum Gasteiger partial charge on any atom is -0.388 e. The summed E-state index contributed by atoms with van der Waals surface area (Å²) in [6.07, 6.45) is 2.00. The minimum absolute atomic E-state index is 0.546. The maximum absolute atomic E-state index is 9.56. The summed E-state index contributed by atoms with van der Waals surface area (Å²) in [5, 5.41) is 12.7. The average Bonchev–Trinajstić information content (AvgIpc) is 1.84. The molecule has 0 aliphatic carbocycles. The average molecular weight is 163 g/mol. The van der Waals surface area contributed by atoms with Crippen LogP contribution in [-0.2, 0) is 0 Å². The Bertz CT molecular complexity index is 85.7. The first kappa shape index (κ1) is 10.3. The lowest BCUT2D eigenvalue weighted by atomic mass is 10.1. The van der Waals surface area contributed by atoms with E-state index in [1.54, 1.807) is 11.8 Å². The van der Waals surface area contributed by atoms with Crippen LogP contribution in [0.1, 0.15) is 13.8 Å². The Hall–Kier alpha value is 0.270. The lowest BCUT2D eigenvalue weighted by Gasteiger charge is -2.21. The van der Waals surface area contributed by atoms with Gasteiger partial charge < -0.3 is 10.4 Å². The Morgan fingerprint density at radius 1 is 1.60 bits per heavy atom. The van der Waals surface area contributed by atoms with Gasteiger partial charge in [0.2, 0.25) is 0 Å². The molecule has 1 atom stereocenters. The van der Waals surface area contributed by atoms with Crippen molar-refractivity contribution in [1.29, 1.82) is 0 Å². The predicted molar refractivity (Wildman–Crippen MR) is 47.5 cm³/mol. The normalized spacial score (nSPS) is 16.8. The number of aliphatic hydroxyl groups is 1. The maximum atomic E-state index is 9.56. The van der Waals surface area contributed by atoms with E-state index in [1.807, 2.05) is 20.1 Å². The summed E-state index contributed by atoms with van der Waals surface area (Å²) in [5.41, 5.74) is -0.546. The fourth-order valence-corrected chi connectivity index (χ4v) is 1.48. The van der Waals surface area contributed by atoms with E-state index < -0.39 is 5.60 Å². The van der Waals surface area contributed by atoms with Crippen LogP contribution in [0.5, 0.6) is 0 Å². The van der Waals surface area contributed by atoms with Gasteiger partial charge in [-0.25, -0.2) is 0 Å². The molecular weight excluding hydrogens is 146 g/mol. The first-order valence-corrected chi connectivity index (χ1v) is 4.94. The van der Waals surface area contributed by atoms with Crippen LogP contribution in [0.25, 0.3) is 0 Å². The molecule has 0 aromatic carbocycles. The van der Waals surface area contributed by atoms with Gasteiger partial charge in [0.05, 0.1) is 5.60 Å². The molecule has 0 aliphatic heterocycles. The summed E-state index contributed by atoms with van der Waals surface area (Å²) in [6, 6.07) is 0. The molecule has 2 nitrogen and oxygen atoms in total. The molecule has 0 aromatic rings. The van der Waals surface area contributed by atoms with Gasteiger partial charge in [-0.15, -0.1) is 0 Å². The second-order valence-corrected chi connectivity index (χ2v) is 3.58. The van der Waals surface area contributed by atoms with E-state index in [-0.39, 0.29) is 0 Å². The SMILES string of the molecule is CCNCC(C)(O)CSC. The Morgan fingerprint density at radius 2 is 2.20 bits per heavy atom.